The molecule has 0 aliphatic rings. The largest absolute Gasteiger partial charge is 0.495 e. The van der Waals surface area contributed by atoms with Gasteiger partial charge in [-0.25, -0.2) is 0 Å². The quantitative estimate of drug-likeness (QED) is 0.573. The van der Waals surface area contributed by atoms with Crippen LogP contribution in [0, 0.1) is 0 Å². The SMILES string of the molecule is CN=C(N)NC(=O)c1cc2c(C(F)(F)F)ccc(OC)c2[nH]1.Cl. The molecule has 0 bridgehead atoms. The third-order valence-electron chi connectivity index (χ3n) is 3.01. The maximum atomic E-state index is 13.0. The van der Waals surface area contributed by atoms with Gasteiger partial charge < -0.3 is 15.5 Å². The second kappa shape index (κ2) is 6.78. The Morgan fingerprint density at radius 1 is 1.39 bits per heavy atom. The fraction of sp³-hybridized carbons (Fsp3) is 0.231. The Balaban J connectivity index is 0.00000264. The molecule has 4 N–H and O–H groups in total. The van der Waals surface area contributed by atoms with E-state index in [2.05, 4.69) is 15.3 Å². The molecule has 0 fully saturated rings. The number of nitrogens with zero attached hydrogens (tertiary/aromatic N) is 1. The number of rotatable bonds is 2. The van der Waals surface area contributed by atoms with Gasteiger partial charge in [-0.1, -0.05) is 0 Å². The summed E-state index contributed by atoms with van der Waals surface area (Å²) in [6.07, 6.45) is -4.55. The Kier molecular flexibility index (Phi) is 5.49. The summed E-state index contributed by atoms with van der Waals surface area (Å²) in [5.41, 5.74) is 4.49. The van der Waals surface area contributed by atoms with Crippen molar-refractivity contribution in [3.63, 3.8) is 0 Å². The lowest BCUT2D eigenvalue weighted by atomic mass is 10.1. The van der Waals surface area contributed by atoms with Crippen LogP contribution in [0.15, 0.2) is 23.2 Å². The van der Waals surface area contributed by atoms with Crippen molar-refractivity contribution in [3.05, 3.63) is 29.5 Å². The van der Waals surface area contributed by atoms with Crippen molar-refractivity contribution in [2.24, 2.45) is 10.7 Å². The average Bonchev–Trinajstić information content (AvgIpc) is 2.89. The standard InChI is InChI=1S/C13H13F3N4O2.ClH/c1-18-12(17)20-11(21)8-5-6-7(13(14,15)16)3-4-9(22-2)10(6)19-8;/h3-5,19H,1-2H3,(H3,17,18,20,21);1H. The number of aromatic amines is 1. The van der Waals surface area contributed by atoms with Crippen molar-refractivity contribution in [2.45, 2.75) is 6.18 Å². The van der Waals surface area contributed by atoms with Crippen LogP contribution in [0.3, 0.4) is 0 Å². The number of carbonyl (C=O) groups excluding carboxylic acids is 1. The molecule has 0 aliphatic carbocycles. The van der Waals surface area contributed by atoms with Crippen molar-refractivity contribution < 1.29 is 22.7 Å². The number of ether oxygens (including phenoxy) is 1. The van der Waals surface area contributed by atoms with E-state index < -0.39 is 17.6 Å². The minimum atomic E-state index is -4.55. The number of hydrogen-bond donors (Lipinski definition) is 3. The van der Waals surface area contributed by atoms with Crippen molar-refractivity contribution in [3.8, 4) is 5.75 Å². The number of guanidine groups is 1. The average molecular weight is 351 g/mol. The van der Waals surface area contributed by atoms with E-state index >= 15 is 0 Å². The van der Waals surface area contributed by atoms with Gasteiger partial charge in [0.2, 0.25) is 0 Å². The highest BCUT2D eigenvalue weighted by Crippen LogP contribution is 2.38. The van der Waals surface area contributed by atoms with Crippen molar-refractivity contribution in [2.75, 3.05) is 14.2 Å². The number of carbonyl (C=O) groups is 1. The number of nitrogens with two attached hydrogens (primary N) is 1. The Labute approximate surface area is 135 Å². The molecule has 0 spiro atoms. The van der Waals surface area contributed by atoms with Gasteiger partial charge in [0.1, 0.15) is 11.4 Å². The molecule has 0 radical (unpaired) electrons. The highest BCUT2D eigenvalue weighted by atomic mass is 35.5. The normalized spacial score (nSPS) is 12.0. The van der Waals surface area contributed by atoms with Crippen LogP contribution in [0.2, 0.25) is 0 Å². The molecule has 23 heavy (non-hydrogen) atoms. The molecule has 10 heteroatoms. The van der Waals surface area contributed by atoms with E-state index in [1.807, 2.05) is 0 Å². The smallest absolute Gasteiger partial charge is 0.417 e. The van der Waals surface area contributed by atoms with Crippen LogP contribution in [0.25, 0.3) is 10.9 Å². The molecule has 1 amide bonds. The zero-order valence-corrected chi connectivity index (χ0v) is 12.9. The molecule has 1 aromatic carbocycles. The van der Waals surface area contributed by atoms with Crippen LogP contribution in [-0.4, -0.2) is 31.0 Å². The van der Waals surface area contributed by atoms with Gasteiger partial charge in [0.05, 0.1) is 18.2 Å². The van der Waals surface area contributed by atoms with Crippen molar-refractivity contribution in [1.82, 2.24) is 10.3 Å². The van der Waals surface area contributed by atoms with E-state index in [0.29, 0.717) is 0 Å². The first-order valence-corrected chi connectivity index (χ1v) is 6.08. The Bertz CT molecular complexity index is 755. The van der Waals surface area contributed by atoms with Crippen LogP contribution in [0.4, 0.5) is 13.2 Å². The zero-order chi connectivity index (χ0) is 16.5. The highest BCUT2D eigenvalue weighted by Gasteiger charge is 2.34. The number of aromatic nitrogens is 1. The van der Waals surface area contributed by atoms with Crippen LogP contribution in [0.5, 0.6) is 5.75 Å². The number of aliphatic imine (C=N–C) groups is 1. The molecule has 2 aromatic rings. The molecule has 6 nitrogen and oxygen atoms in total. The number of alkyl halides is 3. The van der Waals surface area contributed by atoms with Gasteiger partial charge in [-0.2, -0.15) is 13.2 Å². The molecule has 1 heterocycles. The number of methoxy groups -OCH3 is 1. The van der Waals surface area contributed by atoms with Gasteiger partial charge in [-0.05, 0) is 18.2 Å². The van der Waals surface area contributed by atoms with Crippen LogP contribution in [0.1, 0.15) is 16.1 Å². The second-order valence-electron chi connectivity index (χ2n) is 4.35. The molecule has 0 aliphatic heterocycles. The Morgan fingerprint density at radius 2 is 2.04 bits per heavy atom. The highest BCUT2D eigenvalue weighted by molar-refractivity contribution is 6.07. The summed E-state index contributed by atoms with van der Waals surface area (Å²) in [5, 5.41) is 2.08. The van der Waals surface area contributed by atoms with Gasteiger partial charge >= 0.3 is 6.18 Å². The van der Waals surface area contributed by atoms with Crippen molar-refractivity contribution >= 4 is 35.2 Å². The lowest BCUT2D eigenvalue weighted by molar-refractivity contribution is -0.136. The van der Waals surface area contributed by atoms with Gasteiger partial charge in [-0.15, -0.1) is 12.4 Å². The predicted octanol–water partition coefficient (Wildman–Crippen LogP) is 2.29. The molecule has 2 rings (SSSR count). The summed E-state index contributed by atoms with van der Waals surface area (Å²) in [5.74, 6) is -0.652. The topological polar surface area (TPSA) is 92.5 Å². The summed E-state index contributed by atoms with van der Waals surface area (Å²) >= 11 is 0. The summed E-state index contributed by atoms with van der Waals surface area (Å²) in [7, 11) is 2.69. The van der Waals surface area contributed by atoms with Crippen LogP contribution >= 0.6 is 12.4 Å². The number of halogens is 4. The van der Waals surface area contributed by atoms with E-state index in [-0.39, 0.29) is 40.7 Å². The Morgan fingerprint density at radius 3 is 2.57 bits per heavy atom. The molecular weight excluding hydrogens is 337 g/mol. The molecule has 1 aromatic heterocycles. The molecule has 0 unspecified atom stereocenters. The van der Waals surface area contributed by atoms with E-state index in [0.717, 1.165) is 12.1 Å². The number of nitrogens with one attached hydrogen (secondary N) is 2. The number of benzene rings is 1. The minimum absolute atomic E-state index is 0. The monoisotopic (exact) mass is 350 g/mol. The number of hydrogen-bond acceptors (Lipinski definition) is 3. The maximum absolute atomic E-state index is 13.0. The first-order chi connectivity index (χ1) is 10.3. The first kappa shape index (κ1) is 18.6. The second-order valence-corrected chi connectivity index (χ2v) is 4.35. The van der Waals surface area contributed by atoms with Crippen LogP contribution in [-0.2, 0) is 6.18 Å². The predicted molar refractivity (Wildman–Crippen MR) is 82.1 cm³/mol. The third-order valence-corrected chi connectivity index (χ3v) is 3.01. The lowest BCUT2D eigenvalue weighted by Gasteiger charge is -2.09. The maximum Gasteiger partial charge on any atom is 0.417 e. The molecule has 126 valence electrons. The van der Waals surface area contributed by atoms with Gasteiger partial charge in [0.15, 0.2) is 5.96 Å². The molecule has 0 atom stereocenters. The van der Waals surface area contributed by atoms with E-state index in [9.17, 15) is 18.0 Å². The molecule has 0 saturated carbocycles. The number of H-pyrrole nitrogens is 1. The summed E-state index contributed by atoms with van der Waals surface area (Å²) in [6.45, 7) is 0. The number of amides is 1. The lowest BCUT2D eigenvalue weighted by Crippen LogP contribution is -2.36. The van der Waals surface area contributed by atoms with Gasteiger partial charge in [0, 0.05) is 12.4 Å². The fourth-order valence-electron chi connectivity index (χ4n) is 1.97. The van der Waals surface area contributed by atoms with Crippen LogP contribution < -0.4 is 15.8 Å². The minimum Gasteiger partial charge on any atom is -0.495 e. The third kappa shape index (κ3) is 3.67. The first-order valence-electron chi connectivity index (χ1n) is 6.08. The van der Waals surface area contributed by atoms with Gasteiger partial charge in [-0.3, -0.25) is 15.1 Å². The summed E-state index contributed by atoms with van der Waals surface area (Å²) in [4.78, 5) is 18.1. The van der Waals surface area contributed by atoms with E-state index in [1.165, 1.54) is 20.2 Å². The van der Waals surface area contributed by atoms with Crippen molar-refractivity contribution in [1.29, 1.82) is 0 Å². The van der Waals surface area contributed by atoms with E-state index in [4.69, 9.17) is 10.5 Å². The van der Waals surface area contributed by atoms with E-state index in [1.54, 1.807) is 0 Å². The summed E-state index contributed by atoms with van der Waals surface area (Å²) < 4.78 is 44.1. The fourth-order valence-corrected chi connectivity index (χ4v) is 1.97. The van der Waals surface area contributed by atoms with Gasteiger partial charge in [0.25, 0.3) is 5.91 Å². The molecule has 0 saturated heterocycles. The number of fused-ring (bicyclic) bond motifs is 1. The molecular formula is C13H14ClF3N4O2. The summed E-state index contributed by atoms with van der Waals surface area (Å²) in [6, 6.07) is 3.18. The zero-order valence-electron chi connectivity index (χ0n) is 12.1. The Hall–Kier alpha value is -2.42.